The summed E-state index contributed by atoms with van der Waals surface area (Å²) in [6.45, 7) is 2.66. The molecule has 2 aromatic heterocycles. The van der Waals surface area contributed by atoms with Crippen LogP contribution in [0.1, 0.15) is 37.1 Å². The largest absolute Gasteiger partial charge is 0.480 e. The predicted octanol–water partition coefficient (Wildman–Crippen LogP) is 5.46. The molecule has 1 atom stereocenters. The lowest BCUT2D eigenvalue weighted by atomic mass is 9.98. The molecule has 2 aromatic carbocycles. The van der Waals surface area contributed by atoms with Crippen LogP contribution < -0.4 is 25.4 Å². The van der Waals surface area contributed by atoms with Crippen LogP contribution in [-0.4, -0.2) is 59.2 Å². The predicted molar refractivity (Wildman–Crippen MR) is 174 cm³/mol. The lowest BCUT2D eigenvalue weighted by Crippen LogP contribution is -2.35. The first kappa shape index (κ1) is 31.2. The maximum Gasteiger partial charge on any atom is 0.237 e. The van der Waals surface area contributed by atoms with E-state index in [1.165, 1.54) is 12.8 Å². The van der Waals surface area contributed by atoms with E-state index in [0.29, 0.717) is 70.5 Å². The van der Waals surface area contributed by atoms with Crippen LogP contribution in [-0.2, 0) is 17.9 Å². The molecular weight excluding hydrogens is 613 g/mol. The van der Waals surface area contributed by atoms with Crippen LogP contribution in [0.3, 0.4) is 0 Å². The van der Waals surface area contributed by atoms with Gasteiger partial charge in [-0.15, -0.1) is 0 Å². The number of carbonyl (C=O) groups is 1. The Kier molecular flexibility index (Phi) is 9.75. The third kappa shape index (κ3) is 7.20. The SMILES string of the molecule is COc1nc(-c2cccc(-c3cccc(-c4cnc(CNC[C@@H]5CCC(=O)N5)c(OC)n4)c3Cl)c2Cl)cnc1CNCC1CC1. The second-order valence-electron chi connectivity index (χ2n) is 11.3. The first-order valence-electron chi connectivity index (χ1n) is 15.0. The summed E-state index contributed by atoms with van der Waals surface area (Å²) in [4.78, 5) is 30.2. The monoisotopic (exact) mass is 647 g/mol. The minimum Gasteiger partial charge on any atom is -0.480 e. The van der Waals surface area contributed by atoms with Gasteiger partial charge in [-0.1, -0.05) is 59.6 Å². The lowest BCUT2D eigenvalue weighted by Gasteiger charge is -2.15. The molecule has 0 bridgehead atoms. The third-order valence-corrected chi connectivity index (χ3v) is 8.85. The third-order valence-electron chi connectivity index (χ3n) is 8.04. The van der Waals surface area contributed by atoms with Crippen molar-refractivity contribution in [3.8, 4) is 45.4 Å². The molecule has 1 amide bonds. The van der Waals surface area contributed by atoms with Crippen molar-refractivity contribution in [3.63, 3.8) is 0 Å². The van der Waals surface area contributed by atoms with E-state index in [2.05, 4.69) is 25.9 Å². The van der Waals surface area contributed by atoms with Gasteiger partial charge in [-0.3, -0.25) is 14.8 Å². The van der Waals surface area contributed by atoms with E-state index < -0.39 is 0 Å². The number of amides is 1. The fourth-order valence-corrected chi connectivity index (χ4v) is 6.06. The summed E-state index contributed by atoms with van der Waals surface area (Å²) < 4.78 is 11.1. The van der Waals surface area contributed by atoms with Gasteiger partial charge >= 0.3 is 0 Å². The zero-order valence-electron chi connectivity index (χ0n) is 25.2. The molecule has 2 fully saturated rings. The van der Waals surface area contributed by atoms with E-state index in [-0.39, 0.29) is 11.9 Å². The highest BCUT2D eigenvalue weighted by Crippen LogP contribution is 2.42. The highest BCUT2D eigenvalue weighted by molar-refractivity contribution is 6.39. The number of aromatic nitrogens is 4. The van der Waals surface area contributed by atoms with Crippen LogP contribution >= 0.6 is 23.2 Å². The van der Waals surface area contributed by atoms with Gasteiger partial charge in [-0.25, -0.2) is 9.97 Å². The van der Waals surface area contributed by atoms with Crippen LogP contribution in [0.25, 0.3) is 33.6 Å². The van der Waals surface area contributed by atoms with Crippen LogP contribution in [0, 0.1) is 5.92 Å². The molecule has 12 heteroatoms. The summed E-state index contributed by atoms with van der Waals surface area (Å²) >= 11 is 14.0. The van der Waals surface area contributed by atoms with Gasteiger partial charge in [0, 0.05) is 54.4 Å². The summed E-state index contributed by atoms with van der Waals surface area (Å²) in [5.41, 5.74) is 5.49. The summed E-state index contributed by atoms with van der Waals surface area (Å²) in [6.07, 6.45) is 7.36. The zero-order valence-corrected chi connectivity index (χ0v) is 26.7. The van der Waals surface area contributed by atoms with Gasteiger partial charge in [-0.05, 0) is 31.7 Å². The molecule has 6 rings (SSSR count). The molecule has 2 aliphatic rings. The maximum absolute atomic E-state index is 11.5. The molecule has 0 radical (unpaired) electrons. The van der Waals surface area contributed by atoms with Gasteiger partial charge in [0.2, 0.25) is 17.7 Å². The second kappa shape index (κ2) is 14.1. The number of carbonyl (C=O) groups excluding carboxylic acids is 1. The fourth-order valence-electron chi connectivity index (χ4n) is 5.41. The summed E-state index contributed by atoms with van der Waals surface area (Å²) in [7, 11) is 3.16. The van der Waals surface area contributed by atoms with Crippen molar-refractivity contribution >= 4 is 29.1 Å². The molecule has 1 aliphatic carbocycles. The van der Waals surface area contributed by atoms with Crippen molar-refractivity contribution < 1.29 is 14.3 Å². The van der Waals surface area contributed by atoms with Crippen molar-refractivity contribution in [2.75, 3.05) is 27.3 Å². The van der Waals surface area contributed by atoms with Gasteiger partial charge in [0.05, 0.1) is 48.0 Å². The molecule has 3 N–H and O–H groups in total. The molecule has 1 aliphatic heterocycles. The molecule has 1 saturated carbocycles. The average molecular weight is 649 g/mol. The van der Waals surface area contributed by atoms with Gasteiger partial charge in [0.25, 0.3) is 0 Å². The van der Waals surface area contributed by atoms with E-state index in [1.54, 1.807) is 26.6 Å². The first-order chi connectivity index (χ1) is 21.9. The summed E-state index contributed by atoms with van der Waals surface area (Å²) in [5, 5.41) is 10.7. The molecule has 0 spiro atoms. The van der Waals surface area contributed by atoms with Crippen molar-refractivity contribution in [1.82, 2.24) is 35.9 Å². The highest BCUT2D eigenvalue weighted by Gasteiger charge is 2.23. The Hall–Kier alpha value is -3.83. The zero-order chi connectivity index (χ0) is 31.3. The van der Waals surface area contributed by atoms with E-state index in [0.717, 1.165) is 41.3 Å². The molecule has 234 valence electrons. The van der Waals surface area contributed by atoms with E-state index in [4.69, 9.17) is 42.6 Å². The maximum atomic E-state index is 11.5. The van der Waals surface area contributed by atoms with Crippen LogP contribution in [0.15, 0.2) is 48.8 Å². The Balaban J connectivity index is 1.23. The molecule has 0 unspecified atom stereocenters. The number of nitrogens with one attached hydrogen (secondary N) is 3. The molecule has 1 saturated heterocycles. The molecule has 10 nitrogen and oxygen atoms in total. The minimum atomic E-state index is 0.0885. The minimum absolute atomic E-state index is 0.0885. The number of nitrogens with zero attached hydrogens (tertiary/aromatic N) is 4. The van der Waals surface area contributed by atoms with Crippen molar-refractivity contribution in [2.45, 2.75) is 44.8 Å². The topological polar surface area (TPSA) is 123 Å². The first-order valence-corrected chi connectivity index (χ1v) is 15.8. The number of benzene rings is 2. The molecule has 4 aromatic rings. The Morgan fingerprint density at radius 2 is 1.29 bits per heavy atom. The van der Waals surface area contributed by atoms with Gasteiger partial charge in [0.1, 0.15) is 11.4 Å². The van der Waals surface area contributed by atoms with Crippen molar-refractivity contribution in [1.29, 1.82) is 0 Å². The highest BCUT2D eigenvalue weighted by atomic mass is 35.5. The molecular formula is C33H35Cl2N7O3. The second-order valence-corrected chi connectivity index (χ2v) is 12.0. The van der Waals surface area contributed by atoms with Crippen LogP contribution in [0.4, 0.5) is 0 Å². The van der Waals surface area contributed by atoms with Crippen LogP contribution in [0.5, 0.6) is 11.8 Å². The van der Waals surface area contributed by atoms with Crippen molar-refractivity contribution in [2.24, 2.45) is 5.92 Å². The van der Waals surface area contributed by atoms with E-state index in [9.17, 15) is 4.79 Å². The lowest BCUT2D eigenvalue weighted by molar-refractivity contribution is -0.119. The number of methoxy groups -OCH3 is 2. The Morgan fingerprint density at radius 3 is 1.76 bits per heavy atom. The van der Waals surface area contributed by atoms with Gasteiger partial charge < -0.3 is 25.4 Å². The quantitative estimate of drug-likeness (QED) is 0.174. The standard InChI is InChI=1S/C33H35Cl2N7O3/c1-44-32-27(15-36-13-19-9-10-19)38-17-25(41-32)23-7-3-5-21(30(23)34)22-6-4-8-24(31(22)35)26-18-39-28(33(42-26)45-2)16-37-14-20-11-12-29(43)40-20/h3-8,17-20,36-37H,9-16H2,1-2H3,(H,40,43)/t20-/m0/s1. The van der Waals surface area contributed by atoms with E-state index >= 15 is 0 Å². The summed E-state index contributed by atoms with van der Waals surface area (Å²) in [5.74, 6) is 1.72. The number of hydrogen-bond donors (Lipinski definition) is 3. The molecule has 45 heavy (non-hydrogen) atoms. The summed E-state index contributed by atoms with van der Waals surface area (Å²) in [6, 6.07) is 11.6. The molecule has 3 heterocycles. The number of rotatable bonds is 13. The Morgan fingerprint density at radius 1 is 0.778 bits per heavy atom. The van der Waals surface area contributed by atoms with Gasteiger partial charge in [0.15, 0.2) is 0 Å². The Labute approximate surface area is 272 Å². The smallest absolute Gasteiger partial charge is 0.237 e. The number of halogens is 2. The fraction of sp³-hybridized carbons (Fsp3) is 0.364. The average Bonchev–Trinajstić information content (AvgIpc) is 3.79. The number of ether oxygens (including phenoxy) is 2. The van der Waals surface area contributed by atoms with Crippen molar-refractivity contribution in [3.05, 3.63) is 70.2 Å². The number of hydrogen-bond acceptors (Lipinski definition) is 9. The van der Waals surface area contributed by atoms with Gasteiger partial charge in [-0.2, -0.15) is 0 Å². The Bertz CT molecular complexity index is 1700. The van der Waals surface area contributed by atoms with Crippen LogP contribution in [0.2, 0.25) is 10.0 Å². The van der Waals surface area contributed by atoms with E-state index in [1.807, 2.05) is 36.4 Å². The normalized spacial score (nSPS) is 16.1.